The molecule has 0 fully saturated rings. The zero-order valence-corrected chi connectivity index (χ0v) is 37.0. The monoisotopic (exact) mass is 867 g/mol. The maximum atomic E-state index is 2.41. The molecule has 0 atom stereocenters. The molecule has 5 heteroatoms. The quantitative estimate of drug-likeness (QED) is 0.136. The van der Waals surface area contributed by atoms with Crippen molar-refractivity contribution in [3.63, 3.8) is 0 Å². The lowest BCUT2D eigenvalue weighted by molar-refractivity contribution is 1.28. The van der Waals surface area contributed by atoms with E-state index in [4.69, 9.17) is 0 Å². The number of fused-ring (bicyclic) bond motifs is 6. The van der Waals surface area contributed by atoms with E-state index in [1.54, 1.807) is 0 Å². The zero-order valence-electron chi connectivity index (χ0n) is 35.3. The molecular formula is C60H41N3S2. The molecule has 0 unspecified atom stereocenters. The maximum Gasteiger partial charge on any atom is 0.0468 e. The fourth-order valence-corrected chi connectivity index (χ4v) is 11.3. The van der Waals surface area contributed by atoms with Crippen LogP contribution in [0.1, 0.15) is 0 Å². The molecule has 0 aliphatic heterocycles. The smallest absolute Gasteiger partial charge is 0.0468 e. The van der Waals surface area contributed by atoms with Crippen molar-refractivity contribution < 1.29 is 0 Å². The third kappa shape index (κ3) is 7.27. The number of benzene rings is 10. The van der Waals surface area contributed by atoms with Crippen LogP contribution < -0.4 is 14.7 Å². The predicted octanol–water partition coefficient (Wildman–Crippen LogP) is 18.5. The van der Waals surface area contributed by atoms with Gasteiger partial charge >= 0.3 is 0 Å². The van der Waals surface area contributed by atoms with Crippen LogP contribution in [-0.4, -0.2) is 0 Å². The van der Waals surface area contributed by atoms with Crippen LogP contribution in [0.3, 0.4) is 0 Å². The molecular weight excluding hydrogens is 827 g/mol. The Morgan fingerprint density at radius 1 is 0.200 bits per heavy atom. The second-order valence-electron chi connectivity index (χ2n) is 16.2. The summed E-state index contributed by atoms with van der Waals surface area (Å²) in [6, 6.07) is 89.9. The number of rotatable bonds is 10. The van der Waals surface area contributed by atoms with Gasteiger partial charge in [-0.3, -0.25) is 0 Å². The van der Waals surface area contributed by atoms with Gasteiger partial charge < -0.3 is 14.7 Å². The first-order valence-corrected chi connectivity index (χ1v) is 23.5. The summed E-state index contributed by atoms with van der Waals surface area (Å²) in [5.74, 6) is 0. The van der Waals surface area contributed by atoms with Gasteiger partial charge in [0, 0.05) is 91.5 Å². The molecule has 0 radical (unpaired) electrons. The van der Waals surface area contributed by atoms with Gasteiger partial charge in [0.25, 0.3) is 0 Å². The van der Waals surface area contributed by atoms with E-state index in [0.717, 1.165) is 51.2 Å². The highest BCUT2D eigenvalue weighted by Gasteiger charge is 2.19. The van der Waals surface area contributed by atoms with Gasteiger partial charge in [-0.15, -0.1) is 22.7 Å². The number of nitrogens with zero attached hydrogens (tertiary/aromatic N) is 3. The highest BCUT2D eigenvalue weighted by Crippen LogP contribution is 2.46. The topological polar surface area (TPSA) is 9.72 Å². The summed E-state index contributed by atoms with van der Waals surface area (Å²) < 4.78 is 5.10. The summed E-state index contributed by atoms with van der Waals surface area (Å²) in [5, 5.41) is 5.03. The first-order chi connectivity index (χ1) is 32.2. The first-order valence-electron chi connectivity index (χ1n) is 21.9. The van der Waals surface area contributed by atoms with E-state index < -0.39 is 0 Å². The van der Waals surface area contributed by atoms with E-state index in [1.165, 1.54) is 51.5 Å². The molecule has 0 saturated carbocycles. The number of thiophene rings is 2. The predicted molar refractivity (Wildman–Crippen MR) is 282 cm³/mol. The van der Waals surface area contributed by atoms with Gasteiger partial charge in [0.05, 0.1) is 0 Å². The average Bonchev–Trinajstić information content (AvgIpc) is 3.93. The molecule has 0 spiro atoms. The number of hydrogen-bond donors (Lipinski definition) is 0. The Morgan fingerprint density at radius 2 is 0.446 bits per heavy atom. The number of hydrogen-bond acceptors (Lipinski definition) is 5. The van der Waals surface area contributed by atoms with Crippen LogP contribution in [-0.2, 0) is 0 Å². The molecule has 0 aliphatic carbocycles. The van der Waals surface area contributed by atoms with Gasteiger partial charge in [0.1, 0.15) is 0 Å². The molecule has 2 aromatic heterocycles. The molecule has 2 heterocycles. The third-order valence-corrected chi connectivity index (χ3v) is 14.5. The number of para-hydroxylation sites is 5. The highest BCUT2D eigenvalue weighted by molar-refractivity contribution is 7.26. The Labute approximate surface area is 386 Å². The van der Waals surface area contributed by atoms with Crippen molar-refractivity contribution in [1.82, 2.24) is 0 Å². The van der Waals surface area contributed by atoms with E-state index in [-0.39, 0.29) is 0 Å². The van der Waals surface area contributed by atoms with Crippen LogP contribution in [0.2, 0.25) is 0 Å². The largest absolute Gasteiger partial charge is 0.311 e. The molecule has 12 rings (SSSR count). The fraction of sp³-hybridized carbons (Fsp3) is 0. The molecule has 65 heavy (non-hydrogen) atoms. The SMILES string of the molecule is c1ccc(N(c2ccccc2)c2ccc(-c3ccc4sc5ccc(N(c6ccccc6)c6ccc7sc8ccc(N(c9ccccc9)c9ccccc9)cc8c7c6)cc5c4c3)cc2)cc1. The lowest BCUT2D eigenvalue weighted by atomic mass is 10.0. The van der Waals surface area contributed by atoms with Crippen LogP contribution in [0.4, 0.5) is 51.2 Å². The lowest BCUT2D eigenvalue weighted by Gasteiger charge is -2.26. The Bertz CT molecular complexity index is 3510. The van der Waals surface area contributed by atoms with E-state index in [0.29, 0.717) is 0 Å². The van der Waals surface area contributed by atoms with Gasteiger partial charge in [-0.25, -0.2) is 0 Å². The van der Waals surface area contributed by atoms with E-state index in [2.05, 4.69) is 263 Å². The highest BCUT2D eigenvalue weighted by atomic mass is 32.1. The summed E-state index contributed by atoms with van der Waals surface area (Å²) in [5.41, 5.74) is 12.5. The molecule has 0 amide bonds. The third-order valence-electron chi connectivity index (χ3n) is 12.2. The molecule has 0 bridgehead atoms. The first kappa shape index (κ1) is 38.7. The van der Waals surface area contributed by atoms with Gasteiger partial charge in [-0.05, 0) is 151 Å². The minimum absolute atomic E-state index is 1.12. The second kappa shape index (κ2) is 16.6. The van der Waals surface area contributed by atoms with Gasteiger partial charge in [0.2, 0.25) is 0 Å². The van der Waals surface area contributed by atoms with Crippen molar-refractivity contribution in [3.8, 4) is 11.1 Å². The minimum atomic E-state index is 1.12. The van der Waals surface area contributed by atoms with Crippen molar-refractivity contribution in [3.05, 3.63) is 249 Å². The Balaban J connectivity index is 0.936. The van der Waals surface area contributed by atoms with Crippen LogP contribution in [0.15, 0.2) is 249 Å². The average molecular weight is 868 g/mol. The molecule has 10 aromatic carbocycles. The molecule has 308 valence electrons. The maximum absolute atomic E-state index is 2.41. The summed E-state index contributed by atoms with van der Waals surface area (Å²) in [6.45, 7) is 0. The lowest BCUT2D eigenvalue weighted by Crippen LogP contribution is -2.09. The summed E-state index contributed by atoms with van der Waals surface area (Å²) in [6.07, 6.45) is 0. The summed E-state index contributed by atoms with van der Waals surface area (Å²) >= 11 is 3.71. The van der Waals surface area contributed by atoms with E-state index in [1.807, 2.05) is 22.7 Å². The molecule has 3 nitrogen and oxygen atoms in total. The van der Waals surface area contributed by atoms with Crippen LogP contribution in [0.5, 0.6) is 0 Å². The standard InChI is InChI=1S/C60H41N3S2/c1-6-16-44(17-7-1)61(45-18-8-2-9-19-45)49-29-26-42(27-30-49)43-28-34-57-53(38-43)54-40-51(32-36-58(54)64-57)63(48-24-14-5-15-25-48)52-33-37-60-56(41-52)55-39-50(31-35-59(55)65-60)62(46-20-10-3-11-21-46)47-22-12-4-13-23-47/h1-41H. The van der Waals surface area contributed by atoms with Gasteiger partial charge in [-0.2, -0.15) is 0 Å². The summed E-state index contributed by atoms with van der Waals surface area (Å²) in [4.78, 5) is 7.06. The fourth-order valence-electron chi connectivity index (χ4n) is 9.15. The van der Waals surface area contributed by atoms with Crippen LogP contribution in [0, 0.1) is 0 Å². The molecule has 0 N–H and O–H groups in total. The normalized spacial score (nSPS) is 11.4. The molecule has 12 aromatic rings. The second-order valence-corrected chi connectivity index (χ2v) is 18.4. The van der Waals surface area contributed by atoms with Gasteiger partial charge in [0.15, 0.2) is 0 Å². The Kier molecular flexibility index (Phi) is 9.90. The van der Waals surface area contributed by atoms with E-state index >= 15 is 0 Å². The van der Waals surface area contributed by atoms with Crippen molar-refractivity contribution >= 4 is 114 Å². The molecule has 0 saturated heterocycles. The molecule has 0 aliphatic rings. The van der Waals surface area contributed by atoms with E-state index in [9.17, 15) is 0 Å². The van der Waals surface area contributed by atoms with Crippen molar-refractivity contribution in [2.45, 2.75) is 0 Å². The van der Waals surface area contributed by atoms with Crippen molar-refractivity contribution in [1.29, 1.82) is 0 Å². The Hall–Kier alpha value is -7.96. The van der Waals surface area contributed by atoms with Crippen molar-refractivity contribution in [2.24, 2.45) is 0 Å². The Morgan fingerprint density at radius 3 is 0.800 bits per heavy atom. The van der Waals surface area contributed by atoms with Crippen LogP contribution in [0.25, 0.3) is 51.5 Å². The summed E-state index contributed by atoms with van der Waals surface area (Å²) in [7, 11) is 0. The van der Waals surface area contributed by atoms with Gasteiger partial charge in [-0.1, -0.05) is 109 Å². The number of anilines is 9. The zero-order chi connectivity index (χ0) is 43.1. The van der Waals surface area contributed by atoms with Crippen LogP contribution >= 0.6 is 22.7 Å². The van der Waals surface area contributed by atoms with Crippen molar-refractivity contribution in [2.75, 3.05) is 14.7 Å². The minimum Gasteiger partial charge on any atom is -0.311 e.